The maximum Gasteiger partial charge on any atom is 0.408 e. The molecule has 1 aromatic rings. The second kappa shape index (κ2) is 6.13. The second-order valence-corrected chi connectivity index (χ2v) is 5.99. The molecule has 0 aliphatic rings. The van der Waals surface area contributed by atoms with E-state index in [1.54, 1.807) is 20.8 Å². The van der Waals surface area contributed by atoms with E-state index < -0.39 is 28.7 Å². The van der Waals surface area contributed by atoms with E-state index in [1.807, 2.05) is 0 Å². The summed E-state index contributed by atoms with van der Waals surface area (Å²) in [7, 11) is 1.30. The maximum atomic E-state index is 11.9. The molecule has 0 aliphatic heterocycles. The number of ether oxygens (including phenoxy) is 2. The Labute approximate surface area is 128 Å². The molecule has 122 valence electrons. The van der Waals surface area contributed by atoms with Crippen molar-refractivity contribution in [3.05, 3.63) is 17.7 Å². The summed E-state index contributed by atoms with van der Waals surface area (Å²) < 4.78 is 10.0. The minimum Gasteiger partial charge on any atom is -0.504 e. The third-order valence-corrected chi connectivity index (χ3v) is 2.87. The predicted molar refractivity (Wildman–Crippen MR) is 79.1 cm³/mol. The lowest BCUT2D eigenvalue weighted by Gasteiger charge is -2.28. The van der Waals surface area contributed by atoms with Crippen LogP contribution in [-0.4, -0.2) is 35.3 Å². The zero-order valence-corrected chi connectivity index (χ0v) is 13.3. The van der Waals surface area contributed by atoms with Gasteiger partial charge in [0.15, 0.2) is 11.5 Å². The molecule has 0 saturated carbocycles. The van der Waals surface area contributed by atoms with Gasteiger partial charge in [0.05, 0.1) is 7.11 Å². The van der Waals surface area contributed by atoms with Crippen LogP contribution in [0.5, 0.6) is 17.2 Å². The van der Waals surface area contributed by atoms with E-state index in [2.05, 4.69) is 5.32 Å². The largest absolute Gasteiger partial charge is 0.504 e. The predicted octanol–water partition coefficient (Wildman–Crippen LogP) is 2.05. The summed E-state index contributed by atoms with van der Waals surface area (Å²) in [4.78, 5) is 23.3. The number of alkyl carbamates (subject to hydrolysis) is 1. The Kier molecular flexibility index (Phi) is 4.91. The molecule has 0 aromatic heterocycles. The standard InChI is InChI=1S/C15H21NO6/c1-14(2,3)22-13(20)16-15(4,8-17)9-6-10(18)12(19)11(7-9)21-5/h6-8,18-19H,1-5H3,(H,16,20). The van der Waals surface area contributed by atoms with Gasteiger partial charge in [-0.25, -0.2) is 4.79 Å². The Morgan fingerprint density at radius 3 is 2.27 bits per heavy atom. The molecule has 0 bridgehead atoms. The normalized spacial score (nSPS) is 13.9. The van der Waals surface area contributed by atoms with Gasteiger partial charge in [0.2, 0.25) is 5.75 Å². The molecule has 1 atom stereocenters. The SMILES string of the molecule is COc1cc(C(C)(C=O)NC(=O)OC(C)(C)C)cc(O)c1O. The van der Waals surface area contributed by atoms with Gasteiger partial charge >= 0.3 is 6.09 Å². The zero-order chi connectivity index (χ0) is 17.1. The minimum atomic E-state index is -1.46. The number of methoxy groups -OCH3 is 1. The van der Waals surface area contributed by atoms with Crippen LogP contribution in [-0.2, 0) is 15.1 Å². The van der Waals surface area contributed by atoms with Crippen LogP contribution in [0.15, 0.2) is 12.1 Å². The maximum absolute atomic E-state index is 11.9. The Balaban J connectivity index is 3.16. The van der Waals surface area contributed by atoms with Crippen LogP contribution in [0.1, 0.15) is 33.3 Å². The zero-order valence-electron chi connectivity index (χ0n) is 13.3. The third-order valence-electron chi connectivity index (χ3n) is 2.87. The van der Waals surface area contributed by atoms with Crippen LogP contribution in [0, 0.1) is 0 Å². The van der Waals surface area contributed by atoms with Crippen molar-refractivity contribution < 1.29 is 29.3 Å². The van der Waals surface area contributed by atoms with Crippen LogP contribution < -0.4 is 10.1 Å². The Bertz CT molecular complexity index is 578. The summed E-state index contributed by atoms with van der Waals surface area (Å²) >= 11 is 0. The molecule has 0 radical (unpaired) electrons. The highest BCUT2D eigenvalue weighted by atomic mass is 16.6. The number of hydrogen-bond donors (Lipinski definition) is 3. The summed E-state index contributed by atoms with van der Waals surface area (Å²) in [6, 6.07) is 2.52. The lowest BCUT2D eigenvalue weighted by Crippen LogP contribution is -2.46. The molecule has 3 N–H and O–H groups in total. The van der Waals surface area contributed by atoms with Gasteiger partial charge in [-0.3, -0.25) is 0 Å². The van der Waals surface area contributed by atoms with E-state index in [0.29, 0.717) is 6.29 Å². The summed E-state index contributed by atoms with van der Waals surface area (Å²) in [5.74, 6) is -0.931. The molecule has 1 aromatic carbocycles. The number of amides is 1. The summed E-state index contributed by atoms with van der Waals surface area (Å²) in [6.07, 6.45) is -0.282. The first-order chi connectivity index (χ1) is 10.0. The van der Waals surface area contributed by atoms with Gasteiger partial charge in [-0.15, -0.1) is 0 Å². The number of aromatic hydroxyl groups is 2. The van der Waals surface area contributed by atoms with Crippen molar-refractivity contribution in [3.8, 4) is 17.2 Å². The molecule has 0 spiro atoms. The van der Waals surface area contributed by atoms with Gasteiger partial charge in [-0.1, -0.05) is 0 Å². The summed E-state index contributed by atoms with van der Waals surface area (Å²) in [6.45, 7) is 6.52. The molecule has 0 heterocycles. The lowest BCUT2D eigenvalue weighted by molar-refractivity contribution is -0.113. The van der Waals surface area contributed by atoms with Crippen LogP contribution in [0.3, 0.4) is 0 Å². The number of carbonyl (C=O) groups is 2. The van der Waals surface area contributed by atoms with Crippen molar-refractivity contribution in [1.82, 2.24) is 5.32 Å². The average Bonchev–Trinajstić information content (AvgIpc) is 2.39. The van der Waals surface area contributed by atoms with Gasteiger partial charge in [0.1, 0.15) is 17.4 Å². The van der Waals surface area contributed by atoms with Gasteiger partial charge < -0.3 is 29.8 Å². The van der Waals surface area contributed by atoms with E-state index in [9.17, 15) is 19.8 Å². The van der Waals surface area contributed by atoms with Crippen LogP contribution in [0.4, 0.5) is 4.79 Å². The fourth-order valence-corrected chi connectivity index (χ4v) is 1.73. The number of phenolic OH excluding ortho intramolecular Hbond substituents is 2. The van der Waals surface area contributed by atoms with Gasteiger partial charge in [0.25, 0.3) is 0 Å². The molecule has 1 amide bonds. The molecule has 0 aliphatic carbocycles. The average molecular weight is 311 g/mol. The van der Waals surface area contributed by atoms with Crippen LogP contribution in [0.25, 0.3) is 0 Å². The molecule has 1 rings (SSSR count). The summed E-state index contributed by atoms with van der Waals surface area (Å²) in [5.41, 5.74) is -1.94. The summed E-state index contributed by atoms with van der Waals surface area (Å²) in [5, 5.41) is 21.8. The molecule has 7 nitrogen and oxygen atoms in total. The second-order valence-electron chi connectivity index (χ2n) is 5.99. The lowest BCUT2D eigenvalue weighted by atomic mass is 9.93. The fourth-order valence-electron chi connectivity index (χ4n) is 1.73. The van der Waals surface area contributed by atoms with Gasteiger partial charge in [-0.2, -0.15) is 0 Å². The van der Waals surface area contributed by atoms with Crippen molar-refractivity contribution in [2.24, 2.45) is 0 Å². The van der Waals surface area contributed by atoms with Gasteiger partial charge in [0, 0.05) is 0 Å². The van der Waals surface area contributed by atoms with E-state index >= 15 is 0 Å². The molecule has 0 saturated heterocycles. The Morgan fingerprint density at radius 2 is 1.82 bits per heavy atom. The molecular formula is C15H21NO6. The van der Waals surface area contributed by atoms with E-state index in [1.165, 1.54) is 26.2 Å². The van der Waals surface area contributed by atoms with Crippen molar-refractivity contribution in [2.75, 3.05) is 7.11 Å². The number of benzene rings is 1. The third kappa shape index (κ3) is 4.03. The highest BCUT2D eigenvalue weighted by molar-refractivity contribution is 5.78. The number of hydrogen-bond acceptors (Lipinski definition) is 6. The van der Waals surface area contributed by atoms with Crippen LogP contribution >= 0.6 is 0 Å². The smallest absolute Gasteiger partial charge is 0.408 e. The monoisotopic (exact) mass is 311 g/mol. The Morgan fingerprint density at radius 1 is 1.23 bits per heavy atom. The van der Waals surface area contributed by atoms with Crippen molar-refractivity contribution in [3.63, 3.8) is 0 Å². The molecule has 1 unspecified atom stereocenters. The molecule has 7 heteroatoms. The first-order valence-electron chi connectivity index (χ1n) is 6.60. The molecule has 22 heavy (non-hydrogen) atoms. The van der Waals surface area contributed by atoms with Gasteiger partial charge in [-0.05, 0) is 45.4 Å². The van der Waals surface area contributed by atoms with Crippen molar-refractivity contribution >= 4 is 12.4 Å². The minimum absolute atomic E-state index is 0.0194. The van der Waals surface area contributed by atoms with Crippen molar-refractivity contribution in [1.29, 1.82) is 0 Å². The fraction of sp³-hybridized carbons (Fsp3) is 0.467. The van der Waals surface area contributed by atoms with E-state index in [-0.39, 0.29) is 11.3 Å². The molecular weight excluding hydrogens is 290 g/mol. The number of phenols is 2. The van der Waals surface area contributed by atoms with E-state index in [4.69, 9.17) is 9.47 Å². The number of nitrogens with one attached hydrogen (secondary N) is 1. The molecule has 0 fully saturated rings. The number of aldehydes is 1. The number of carbonyl (C=O) groups excluding carboxylic acids is 2. The number of rotatable bonds is 4. The van der Waals surface area contributed by atoms with Crippen LogP contribution in [0.2, 0.25) is 0 Å². The first-order valence-corrected chi connectivity index (χ1v) is 6.60. The first kappa shape index (κ1) is 17.6. The van der Waals surface area contributed by atoms with E-state index in [0.717, 1.165) is 0 Å². The van der Waals surface area contributed by atoms with Crippen molar-refractivity contribution in [2.45, 2.75) is 38.8 Å². The Hall–Kier alpha value is -2.44. The highest BCUT2D eigenvalue weighted by Gasteiger charge is 2.32. The quantitative estimate of drug-likeness (QED) is 0.580. The highest BCUT2D eigenvalue weighted by Crippen LogP contribution is 2.38. The topological polar surface area (TPSA) is 105 Å².